The average molecular weight is 603 g/mol. The van der Waals surface area contributed by atoms with Gasteiger partial charge in [0, 0.05) is 40.5 Å². The third-order valence-electron chi connectivity index (χ3n) is 8.38. The first-order valence-electron chi connectivity index (χ1n) is 15.4. The fourth-order valence-electron chi connectivity index (χ4n) is 5.77. The van der Waals surface area contributed by atoms with Gasteiger partial charge >= 0.3 is 0 Å². The number of nitrogens with zero attached hydrogens (tertiary/aromatic N) is 5. The van der Waals surface area contributed by atoms with Crippen molar-refractivity contribution in [3.05, 3.63) is 108 Å². The van der Waals surface area contributed by atoms with Gasteiger partial charge in [-0.05, 0) is 94.6 Å². The molecule has 0 unspecified atom stereocenters. The smallest absolute Gasteiger partial charge is 0.181 e. The van der Waals surface area contributed by atoms with Crippen LogP contribution in [0.1, 0.15) is 48.2 Å². The van der Waals surface area contributed by atoms with E-state index in [9.17, 15) is 4.39 Å². The molecule has 0 amide bonds. The zero-order chi connectivity index (χ0) is 31.5. The van der Waals surface area contributed by atoms with E-state index >= 15 is 0 Å². The number of hydrogen-bond donors (Lipinski definition) is 3. The third kappa shape index (κ3) is 6.63. The lowest BCUT2D eigenvalue weighted by molar-refractivity contribution is 0.371. The SMILES string of the molecule is C=C/C=C(/c1cc(F)cc(CCCN(C)C)c1)c1nc(-c2[nH]nc3ncc(-c4cncc(NC(=C)C5CCC5)c4)cc23)[nH]c1C. The lowest BCUT2D eigenvalue weighted by Crippen LogP contribution is -2.18. The van der Waals surface area contributed by atoms with Crippen LogP contribution >= 0.6 is 0 Å². The number of pyridine rings is 2. The third-order valence-corrected chi connectivity index (χ3v) is 8.38. The van der Waals surface area contributed by atoms with Gasteiger partial charge < -0.3 is 15.2 Å². The summed E-state index contributed by atoms with van der Waals surface area (Å²) in [5.74, 6) is 0.876. The summed E-state index contributed by atoms with van der Waals surface area (Å²) in [6.07, 6.45) is 14.4. The van der Waals surface area contributed by atoms with Gasteiger partial charge in [0.05, 0.1) is 23.0 Å². The molecule has 1 aromatic carbocycles. The second-order valence-corrected chi connectivity index (χ2v) is 12.1. The van der Waals surface area contributed by atoms with Crippen LogP contribution in [0.3, 0.4) is 0 Å². The minimum Gasteiger partial charge on any atom is -0.358 e. The predicted molar refractivity (Wildman–Crippen MR) is 180 cm³/mol. The normalized spacial score (nSPS) is 13.8. The molecule has 6 rings (SSSR count). The molecule has 0 aliphatic heterocycles. The quantitative estimate of drug-likeness (QED) is 0.127. The van der Waals surface area contributed by atoms with Crippen LogP contribution in [0.2, 0.25) is 0 Å². The fraction of sp³-hybridized carbons (Fsp3) is 0.278. The molecule has 1 aliphatic carbocycles. The van der Waals surface area contributed by atoms with E-state index in [0.717, 1.165) is 81.1 Å². The van der Waals surface area contributed by atoms with Gasteiger partial charge in [0.25, 0.3) is 0 Å². The maximum absolute atomic E-state index is 14.8. The fourth-order valence-corrected chi connectivity index (χ4v) is 5.77. The van der Waals surface area contributed by atoms with E-state index in [1.807, 2.05) is 51.6 Å². The molecule has 230 valence electrons. The molecule has 8 nitrogen and oxygen atoms in total. The van der Waals surface area contributed by atoms with Gasteiger partial charge in [-0.1, -0.05) is 37.8 Å². The summed E-state index contributed by atoms with van der Waals surface area (Å²) in [6.45, 7) is 11.0. The van der Waals surface area contributed by atoms with Crippen LogP contribution in [0.25, 0.3) is 39.3 Å². The highest BCUT2D eigenvalue weighted by Gasteiger charge is 2.21. The van der Waals surface area contributed by atoms with Gasteiger partial charge in [0.2, 0.25) is 0 Å². The number of halogens is 1. The molecule has 0 bridgehead atoms. The highest BCUT2D eigenvalue weighted by Crippen LogP contribution is 2.35. The van der Waals surface area contributed by atoms with Crippen molar-refractivity contribution < 1.29 is 4.39 Å². The van der Waals surface area contributed by atoms with E-state index in [1.54, 1.807) is 24.4 Å². The molecule has 1 saturated carbocycles. The van der Waals surface area contributed by atoms with Crippen LogP contribution < -0.4 is 5.32 Å². The van der Waals surface area contributed by atoms with Crippen molar-refractivity contribution in [2.75, 3.05) is 26.0 Å². The molecular formula is C36H39FN8. The number of aromatic amines is 2. The van der Waals surface area contributed by atoms with E-state index < -0.39 is 0 Å². The Balaban J connectivity index is 1.31. The summed E-state index contributed by atoms with van der Waals surface area (Å²) in [4.78, 5) is 19.6. The number of H-pyrrole nitrogens is 2. The molecule has 4 heterocycles. The van der Waals surface area contributed by atoms with Crippen LogP contribution in [0.4, 0.5) is 10.1 Å². The Morgan fingerprint density at radius 1 is 1.11 bits per heavy atom. The minimum atomic E-state index is -0.269. The molecule has 4 aromatic heterocycles. The first-order chi connectivity index (χ1) is 21.8. The molecular weight excluding hydrogens is 563 g/mol. The average Bonchev–Trinajstić information content (AvgIpc) is 3.57. The Labute approximate surface area is 263 Å². The van der Waals surface area contributed by atoms with Crippen molar-refractivity contribution in [3.63, 3.8) is 0 Å². The van der Waals surface area contributed by atoms with E-state index in [0.29, 0.717) is 17.4 Å². The summed E-state index contributed by atoms with van der Waals surface area (Å²) in [6, 6.07) is 9.32. The number of benzene rings is 1. The molecule has 0 saturated heterocycles. The summed E-state index contributed by atoms with van der Waals surface area (Å²) in [5, 5.41) is 11.8. The lowest BCUT2D eigenvalue weighted by Gasteiger charge is -2.28. The number of fused-ring (bicyclic) bond motifs is 1. The maximum Gasteiger partial charge on any atom is 0.181 e. The number of rotatable bonds is 12. The second kappa shape index (κ2) is 13.0. The van der Waals surface area contributed by atoms with Crippen molar-refractivity contribution in [2.24, 2.45) is 5.92 Å². The number of aryl methyl sites for hydroxylation is 2. The Bertz CT molecular complexity index is 1890. The van der Waals surface area contributed by atoms with E-state index in [4.69, 9.17) is 4.98 Å². The molecule has 9 heteroatoms. The molecule has 0 spiro atoms. The van der Waals surface area contributed by atoms with E-state index in [2.05, 4.69) is 54.6 Å². The van der Waals surface area contributed by atoms with Crippen LogP contribution in [0.5, 0.6) is 0 Å². The summed E-state index contributed by atoms with van der Waals surface area (Å²) in [5.41, 5.74) is 9.16. The second-order valence-electron chi connectivity index (χ2n) is 12.1. The monoisotopic (exact) mass is 602 g/mol. The number of allylic oxidation sites excluding steroid dienone is 3. The van der Waals surface area contributed by atoms with Gasteiger partial charge in [-0.15, -0.1) is 0 Å². The topological polar surface area (TPSA) is 98.4 Å². The van der Waals surface area contributed by atoms with Crippen LogP contribution in [0, 0.1) is 18.7 Å². The Hall–Kier alpha value is -4.89. The number of anilines is 1. The first kappa shape index (κ1) is 30.1. The van der Waals surface area contributed by atoms with Crippen LogP contribution in [-0.2, 0) is 6.42 Å². The van der Waals surface area contributed by atoms with E-state index in [-0.39, 0.29) is 5.82 Å². The van der Waals surface area contributed by atoms with Gasteiger partial charge in [0.15, 0.2) is 11.5 Å². The van der Waals surface area contributed by atoms with Crippen molar-refractivity contribution in [1.29, 1.82) is 0 Å². The Kier molecular flexibility index (Phi) is 8.71. The van der Waals surface area contributed by atoms with Gasteiger partial charge in [-0.25, -0.2) is 14.4 Å². The minimum absolute atomic E-state index is 0.269. The maximum atomic E-state index is 14.8. The Morgan fingerprint density at radius 2 is 1.93 bits per heavy atom. The zero-order valence-corrected chi connectivity index (χ0v) is 26.1. The summed E-state index contributed by atoms with van der Waals surface area (Å²) < 4.78 is 14.8. The molecule has 0 radical (unpaired) electrons. The number of aromatic nitrogens is 6. The van der Waals surface area contributed by atoms with Gasteiger partial charge in [-0.2, -0.15) is 5.10 Å². The van der Waals surface area contributed by atoms with Crippen molar-refractivity contribution in [3.8, 4) is 22.6 Å². The van der Waals surface area contributed by atoms with Crippen LogP contribution in [-0.4, -0.2) is 55.7 Å². The van der Waals surface area contributed by atoms with Gasteiger partial charge in [0.1, 0.15) is 11.5 Å². The molecule has 3 N–H and O–H groups in total. The predicted octanol–water partition coefficient (Wildman–Crippen LogP) is 7.70. The number of hydrogen-bond acceptors (Lipinski definition) is 6. The standard InChI is InChI=1S/C36H39FN8/c1-6-9-31(26-14-24(15-29(37)16-26)10-8-13-45(4)5)33-23(3)41-36(42-33)34-32-18-28(20-39-35(32)44-43-34)27-17-30(21-38-19-27)40-22(2)25-11-7-12-25/h6,9,14-21,25,40H,1-2,7-8,10-13H2,3-5H3,(H,41,42)(H,39,43,44)/b31-9-. The highest BCUT2D eigenvalue weighted by atomic mass is 19.1. The summed E-state index contributed by atoms with van der Waals surface area (Å²) in [7, 11) is 4.09. The first-order valence-corrected chi connectivity index (χ1v) is 15.4. The van der Waals surface area contributed by atoms with Crippen molar-refractivity contribution in [2.45, 2.75) is 39.0 Å². The molecule has 5 aromatic rings. The molecule has 0 atom stereocenters. The molecule has 45 heavy (non-hydrogen) atoms. The molecule has 1 aliphatic rings. The van der Waals surface area contributed by atoms with Gasteiger partial charge in [-0.3, -0.25) is 10.1 Å². The molecule has 1 fully saturated rings. The highest BCUT2D eigenvalue weighted by molar-refractivity contribution is 5.92. The largest absolute Gasteiger partial charge is 0.358 e. The van der Waals surface area contributed by atoms with E-state index in [1.165, 1.54) is 19.3 Å². The van der Waals surface area contributed by atoms with Crippen molar-refractivity contribution in [1.82, 2.24) is 35.0 Å². The van der Waals surface area contributed by atoms with Crippen molar-refractivity contribution >= 4 is 22.3 Å². The summed E-state index contributed by atoms with van der Waals surface area (Å²) >= 11 is 0. The number of imidazole rings is 1. The zero-order valence-electron chi connectivity index (χ0n) is 26.1. The number of nitrogens with one attached hydrogen (secondary N) is 3. The lowest BCUT2D eigenvalue weighted by atomic mass is 9.83. The van der Waals surface area contributed by atoms with Crippen LogP contribution in [0.15, 0.2) is 79.9 Å². The Morgan fingerprint density at radius 3 is 2.69 bits per heavy atom.